The van der Waals surface area contributed by atoms with Crippen molar-refractivity contribution in [3.8, 4) is 0 Å². The zero-order valence-electron chi connectivity index (χ0n) is 10.2. The topological polar surface area (TPSA) is 15.6 Å². The van der Waals surface area contributed by atoms with Crippen LogP contribution in [0.3, 0.4) is 0 Å². The van der Waals surface area contributed by atoms with E-state index >= 15 is 0 Å². The fraction of sp³-hybridized carbons (Fsp3) is 0.500. The van der Waals surface area contributed by atoms with Crippen LogP contribution in [0.4, 0.5) is 0 Å². The average Bonchev–Trinajstić information content (AvgIpc) is 2.34. The second kappa shape index (κ2) is 4.79. The number of piperidine rings is 1. The minimum absolute atomic E-state index is 0.169. The van der Waals surface area contributed by atoms with Gasteiger partial charge in [-0.15, -0.1) is 0 Å². The normalized spacial score (nSPS) is 21.4. The second-order valence-corrected chi connectivity index (χ2v) is 4.71. The zero-order valence-corrected chi connectivity index (χ0v) is 10.2. The largest absolute Gasteiger partial charge is 0.306 e. The maximum absolute atomic E-state index is 4.29. The number of rotatable bonds is 2. The lowest BCUT2D eigenvalue weighted by Crippen LogP contribution is -2.41. The van der Waals surface area contributed by atoms with Crippen molar-refractivity contribution in [3.05, 3.63) is 35.9 Å². The van der Waals surface area contributed by atoms with Crippen molar-refractivity contribution in [2.45, 2.75) is 18.3 Å². The molecule has 16 heavy (non-hydrogen) atoms. The number of nitrogens with zero attached hydrogens (tertiary/aromatic N) is 2. The first-order valence-electron chi connectivity index (χ1n) is 5.94. The first kappa shape index (κ1) is 11.3. The zero-order chi connectivity index (χ0) is 11.4. The molecule has 0 aromatic heterocycles. The molecule has 1 aromatic carbocycles. The highest BCUT2D eigenvalue weighted by Gasteiger charge is 2.33. The predicted molar refractivity (Wildman–Crippen MR) is 69.3 cm³/mol. The van der Waals surface area contributed by atoms with Gasteiger partial charge in [-0.3, -0.25) is 4.99 Å². The van der Waals surface area contributed by atoms with E-state index in [1.54, 1.807) is 0 Å². The van der Waals surface area contributed by atoms with Gasteiger partial charge in [0.1, 0.15) is 0 Å². The second-order valence-electron chi connectivity index (χ2n) is 4.71. The SMILES string of the molecule is CN=CC1(c2ccccc2)CCN(C)CC1. The number of benzene rings is 1. The van der Waals surface area contributed by atoms with Crippen molar-refractivity contribution in [3.63, 3.8) is 0 Å². The average molecular weight is 216 g/mol. The predicted octanol–water partition coefficient (Wildman–Crippen LogP) is 2.35. The summed E-state index contributed by atoms with van der Waals surface area (Å²) in [5, 5.41) is 0. The molecule has 0 saturated carbocycles. The number of likely N-dealkylation sites (tertiary alicyclic amines) is 1. The van der Waals surface area contributed by atoms with Crippen molar-refractivity contribution >= 4 is 6.21 Å². The maximum atomic E-state index is 4.29. The van der Waals surface area contributed by atoms with Crippen molar-refractivity contribution < 1.29 is 0 Å². The molecule has 2 heteroatoms. The summed E-state index contributed by atoms with van der Waals surface area (Å²) in [6, 6.07) is 10.8. The van der Waals surface area contributed by atoms with E-state index in [0.29, 0.717) is 0 Å². The molecule has 0 atom stereocenters. The van der Waals surface area contributed by atoms with Gasteiger partial charge in [0.05, 0.1) is 0 Å². The molecule has 0 bridgehead atoms. The van der Waals surface area contributed by atoms with Crippen LogP contribution in [0.1, 0.15) is 18.4 Å². The fourth-order valence-electron chi connectivity index (χ4n) is 2.53. The first-order chi connectivity index (χ1) is 7.77. The molecule has 86 valence electrons. The molecular formula is C14H20N2. The van der Waals surface area contributed by atoms with Crippen molar-refractivity contribution in [2.75, 3.05) is 27.2 Å². The smallest absolute Gasteiger partial charge is 0.0326 e. The monoisotopic (exact) mass is 216 g/mol. The molecule has 1 aliphatic rings. The van der Waals surface area contributed by atoms with Crippen molar-refractivity contribution in [2.24, 2.45) is 4.99 Å². The van der Waals surface area contributed by atoms with E-state index in [1.807, 2.05) is 7.05 Å². The minimum Gasteiger partial charge on any atom is -0.306 e. The minimum atomic E-state index is 0.169. The molecule has 0 aliphatic carbocycles. The number of hydrogen-bond acceptors (Lipinski definition) is 2. The van der Waals surface area contributed by atoms with Crippen LogP contribution in [0, 0.1) is 0 Å². The summed E-state index contributed by atoms with van der Waals surface area (Å²) < 4.78 is 0. The Labute approximate surface area is 98.0 Å². The molecule has 0 spiro atoms. The summed E-state index contributed by atoms with van der Waals surface area (Å²) in [5.74, 6) is 0. The summed E-state index contributed by atoms with van der Waals surface area (Å²) in [6.07, 6.45) is 4.49. The maximum Gasteiger partial charge on any atom is 0.0326 e. The van der Waals surface area contributed by atoms with Crippen LogP contribution in [0.5, 0.6) is 0 Å². The molecular weight excluding hydrogens is 196 g/mol. The Morgan fingerprint density at radius 1 is 1.19 bits per heavy atom. The third-order valence-corrected chi connectivity index (χ3v) is 3.60. The van der Waals surface area contributed by atoms with Gasteiger partial charge in [0.2, 0.25) is 0 Å². The molecule has 1 saturated heterocycles. The van der Waals surface area contributed by atoms with E-state index in [2.05, 4.69) is 53.5 Å². The van der Waals surface area contributed by atoms with Crippen LogP contribution in [0.2, 0.25) is 0 Å². The first-order valence-corrected chi connectivity index (χ1v) is 5.94. The number of hydrogen-bond donors (Lipinski definition) is 0. The molecule has 2 rings (SSSR count). The highest BCUT2D eigenvalue weighted by molar-refractivity contribution is 5.73. The highest BCUT2D eigenvalue weighted by Crippen LogP contribution is 2.33. The van der Waals surface area contributed by atoms with Crippen LogP contribution in [-0.2, 0) is 5.41 Å². The van der Waals surface area contributed by atoms with Gasteiger partial charge in [0, 0.05) is 18.7 Å². The number of aliphatic imine (C=N–C) groups is 1. The van der Waals surface area contributed by atoms with Gasteiger partial charge < -0.3 is 4.90 Å². The van der Waals surface area contributed by atoms with E-state index in [1.165, 1.54) is 18.4 Å². The Morgan fingerprint density at radius 3 is 2.38 bits per heavy atom. The van der Waals surface area contributed by atoms with Crippen LogP contribution in [-0.4, -0.2) is 38.3 Å². The Hall–Kier alpha value is -1.15. The third kappa shape index (κ3) is 2.17. The molecule has 0 amide bonds. The quantitative estimate of drug-likeness (QED) is 0.693. The van der Waals surface area contributed by atoms with Gasteiger partial charge >= 0.3 is 0 Å². The van der Waals surface area contributed by atoms with Crippen LogP contribution in [0.25, 0.3) is 0 Å². The van der Waals surface area contributed by atoms with Gasteiger partial charge in [-0.25, -0.2) is 0 Å². The summed E-state index contributed by atoms with van der Waals surface area (Å²) in [5.41, 5.74) is 1.58. The standard InChI is InChI=1S/C14H20N2/c1-15-12-14(8-10-16(2)11-9-14)13-6-4-3-5-7-13/h3-7,12H,8-11H2,1-2H3. The van der Waals surface area contributed by atoms with Gasteiger partial charge in [0.25, 0.3) is 0 Å². The molecule has 1 fully saturated rings. The molecule has 0 radical (unpaired) electrons. The van der Waals surface area contributed by atoms with Gasteiger partial charge in [0.15, 0.2) is 0 Å². The molecule has 0 unspecified atom stereocenters. The van der Waals surface area contributed by atoms with Gasteiger partial charge in [-0.05, 0) is 38.5 Å². The Morgan fingerprint density at radius 2 is 1.81 bits per heavy atom. The van der Waals surface area contributed by atoms with Crippen molar-refractivity contribution in [1.29, 1.82) is 0 Å². The lowest BCUT2D eigenvalue weighted by molar-refractivity contribution is 0.231. The Kier molecular flexibility index (Phi) is 3.39. The fourth-order valence-corrected chi connectivity index (χ4v) is 2.53. The highest BCUT2D eigenvalue weighted by atomic mass is 15.1. The molecule has 1 heterocycles. The molecule has 0 N–H and O–H groups in total. The molecule has 2 nitrogen and oxygen atoms in total. The van der Waals surface area contributed by atoms with E-state index < -0.39 is 0 Å². The molecule has 1 aliphatic heterocycles. The summed E-state index contributed by atoms with van der Waals surface area (Å²) in [6.45, 7) is 2.31. The molecule has 1 aromatic rings. The van der Waals surface area contributed by atoms with Crippen LogP contribution in [0.15, 0.2) is 35.3 Å². The summed E-state index contributed by atoms with van der Waals surface area (Å²) in [7, 11) is 4.07. The lowest BCUT2D eigenvalue weighted by Gasteiger charge is -2.38. The van der Waals surface area contributed by atoms with Crippen molar-refractivity contribution in [1.82, 2.24) is 4.90 Å². The van der Waals surface area contributed by atoms with Gasteiger partial charge in [-0.1, -0.05) is 30.3 Å². The van der Waals surface area contributed by atoms with E-state index in [4.69, 9.17) is 0 Å². The Bertz CT molecular complexity index is 348. The van der Waals surface area contributed by atoms with Crippen LogP contribution < -0.4 is 0 Å². The summed E-state index contributed by atoms with van der Waals surface area (Å²) >= 11 is 0. The van der Waals surface area contributed by atoms with E-state index in [-0.39, 0.29) is 5.41 Å². The van der Waals surface area contributed by atoms with E-state index in [9.17, 15) is 0 Å². The van der Waals surface area contributed by atoms with Crippen LogP contribution >= 0.6 is 0 Å². The van der Waals surface area contributed by atoms with E-state index in [0.717, 1.165) is 13.1 Å². The van der Waals surface area contributed by atoms with Gasteiger partial charge in [-0.2, -0.15) is 0 Å². The third-order valence-electron chi connectivity index (χ3n) is 3.60. The Balaban J connectivity index is 2.30. The summed E-state index contributed by atoms with van der Waals surface area (Å²) in [4.78, 5) is 6.68. The lowest BCUT2D eigenvalue weighted by atomic mass is 9.74.